The van der Waals surface area contributed by atoms with E-state index in [1.165, 1.54) is 4.31 Å². The van der Waals surface area contributed by atoms with E-state index < -0.39 is 10.0 Å². The van der Waals surface area contributed by atoms with Gasteiger partial charge in [0.2, 0.25) is 0 Å². The predicted molar refractivity (Wildman–Crippen MR) is 146 cm³/mol. The first-order valence-electron chi connectivity index (χ1n) is 12.3. The van der Waals surface area contributed by atoms with Crippen molar-refractivity contribution in [2.75, 3.05) is 17.5 Å². The van der Waals surface area contributed by atoms with Crippen LogP contribution in [0.5, 0.6) is 11.5 Å². The molecule has 0 saturated carbocycles. The minimum atomic E-state index is -3.98. The van der Waals surface area contributed by atoms with E-state index in [1.54, 1.807) is 54.6 Å². The van der Waals surface area contributed by atoms with Gasteiger partial charge in [-0.05, 0) is 54.4 Å². The van der Waals surface area contributed by atoms with E-state index in [4.69, 9.17) is 9.47 Å². The van der Waals surface area contributed by atoms with Crippen molar-refractivity contribution in [1.82, 2.24) is 5.32 Å². The summed E-state index contributed by atoms with van der Waals surface area (Å²) in [5.41, 5.74) is 2.20. The van der Waals surface area contributed by atoms with Gasteiger partial charge in [-0.3, -0.25) is 9.10 Å². The molecule has 5 rings (SSSR count). The van der Waals surface area contributed by atoms with Gasteiger partial charge in [-0.2, -0.15) is 0 Å². The molecule has 0 radical (unpaired) electrons. The zero-order chi connectivity index (χ0) is 26.5. The Morgan fingerprint density at radius 3 is 2.21 bits per heavy atom. The van der Waals surface area contributed by atoms with Crippen LogP contribution < -0.4 is 19.1 Å². The van der Waals surface area contributed by atoms with Gasteiger partial charge in [0.15, 0.2) is 11.5 Å². The Morgan fingerprint density at radius 1 is 0.842 bits per heavy atom. The third kappa shape index (κ3) is 5.35. The van der Waals surface area contributed by atoms with Crippen LogP contribution in [0.3, 0.4) is 0 Å². The van der Waals surface area contributed by atoms with Gasteiger partial charge < -0.3 is 14.8 Å². The third-order valence-electron chi connectivity index (χ3n) is 6.33. The van der Waals surface area contributed by atoms with Crippen molar-refractivity contribution in [1.29, 1.82) is 0 Å². The number of ether oxygens (including phenoxy) is 2. The lowest BCUT2D eigenvalue weighted by atomic mass is 10.1. The summed E-state index contributed by atoms with van der Waals surface area (Å²) in [7, 11) is -3.98. The van der Waals surface area contributed by atoms with Crippen LogP contribution in [0.4, 0.5) is 5.69 Å². The Balaban J connectivity index is 1.48. The minimum Gasteiger partial charge on any atom is -0.486 e. The van der Waals surface area contributed by atoms with Gasteiger partial charge in [0.05, 0.1) is 28.7 Å². The molecule has 4 aromatic rings. The van der Waals surface area contributed by atoms with E-state index in [0.717, 1.165) is 11.1 Å². The second kappa shape index (κ2) is 11.0. The quantitative estimate of drug-likeness (QED) is 0.334. The lowest BCUT2D eigenvalue weighted by molar-refractivity contribution is 0.0940. The third-order valence-corrected chi connectivity index (χ3v) is 8.11. The molecule has 8 heteroatoms. The molecule has 0 fully saturated rings. The molecule has 7 nitrogen and oxygen atoms in total. The molecule has 4 aromatic carbocycles. The second-order valence-corrected chi connectivity index (χ2v) is 10.8. The summed E-state index contributed by atoms with van der Waals surface area (Å²) in [6.07, 6.45) is 0. The molecule has 0 unspecified atom stereocenters. The van der Waals surface area contributed by atoms with E-state index in [1.807, 2.05) is 55.5 Å². The maximum Gasteiger partial charge on any atom is 0.264 e. The van der Waals surface area contributed by atoms with Crippen LogP contribution in [0.15, 0.2) is 108 Å². The van der Waals surface area contributed by atoms with Gasteiger partial charge in [-0.1, -0.05) is 66.7 Å². The molecule has 1 atom stereocenters. The van der Waals surface area contributed by atoms with Gasteiger partial charge >= 0.3 is 0 Å². The first-order chi connectivity index (χ1) is 18.4. The second-order valence-electron chi connectivity index (χ2n) is 8.93. The van der Waals surface area contributed by atoms with Crippen molar-refractivity contribution in [2.24, 2.45) is 0 Å². The molecule has 0 aliphatic carbocycles. The average molecular weight is 529 g/mol. The van der Waals surface area contributed by atoms with Gasteiger partial charge in [0, 0.05) is 0 Å². The highest BCUT2D eigenvalue weighted by Gasteiger charge is 2.29. The van der Waals surface area contributed by atoms with Crippen molar-refractivity contribution in [2.45, 2.75) is 24.4 Å². The number of fused-ring (bicyclic) bond motifs is 1. The summed E-state index contributed by atoms with van der Waals surface area (Å²) in [5.74, 6) is 0.925. The number of hydrogen-bond donors (Lipinski definition) is 1. The van der Waals surface area contributed by atoms with E-state index >= 15 is 0 Å². The smallest absolute Gasteiger partial charge is 0.264 e. The Kier molecular flexibility index (Phi) is 7.33. The van der Waals surface area contributed by atoms with Crippen LogP contribution in [0, 0.1) is 0 Å². The van der Waals surface area contributed by atoms with Gasteiger partial charge in [-0.15, -0.1) is 0 Å². The lowest BCUT2D eigenvalue weighted by Gasteiger charge is -2.27. The molecule has 1 N–H and O–H groups in total. The largest absolute Gasteiger partial charge is 0.486 e. The number of nitrogens with zero attached hydrogens (tertiary/aromatic N) is 1. The van der Waals surface area contributed by atoms with Gasteiger partial charge in [-0.25, -0.2) is 8.42 Å². The van der Waals surface area contributed by atoms with E-state index in [-0.39, 0.29) is 29.0 Å². The maximum absolute atomic E-state index is 13.9. The highest BCUT2D eigenvalue weighted by Crippen LogP contribution is 2.33. The number of amides is 1. The van der Waals surface area contributed by atoms with Crippen LogP contribution >= 0.6 is 0 Å². The molecule has 0 spiro atoms. The summed E-state index contributed by atoms with van der Waals surface area (Å²) >= 11 is 0. The van der Waals surface area contributed by atoms with Crippen molar-refractivity contribution >= 4 is 21.6 Å². The molecule has 1 amide bonds. The number of sulfonamides is 1. The summed E-state index contributed by atoms with van der Waals surface area (Å²) in [5, 5.41) is 3.01. The number of rotatable bonds is 8. The average Bonchev–Trinajstić information content (AvgIpc) is 2.96. The van der Waals surface area contributed by atoms with Crippen molar-refractivity contribution < 1.29 is 22.7 Å². The number of carbonyl (C=O) groups excluding carboxylic acids is 1. The monoisotopic (exact) mass is 528 g/mol. The number of benzene rings is 4. The summed E-state index contributed by atoms with van der Waals surface area (Å²) < 4.78 is 40.3. The predicted octanol–water partition coefficient (Wildman–Crippen LogP) is 5.34. The molecule has 1 heterocycles. The molecule has 0 bridgehead atoms. The van der Waals surface area contributed by atoms with Gasteiger partial charge in [0.1, 0.15) is 13.2 Å². The molecule has 0 saturated heterocycles. The maximum atomic E-state index is 13.9. The van der Waals surface area contributed by atoms with Crippen LogP contribution in [0.2, 0.25) is 0 Å². The number of carbonyl (C=O) groups is 1. The van der Waals surface area contributed by atoms with E-state index in [9.17, 15) is 13.2 Å². The van der Waals surface area contributed by atoms with Crippen molar-refractivity contribution in [3.05, 3.63) is 120 Å². The fourth-order valence-corrected chi connectivity index (χ4v) is 5.83. The lowest BCUT2D eigenvalue weighted by Crippen LogP contribution is -2.34. The Bertz CT molecular complexity index is 1530. The van der Waals surface area contributed by atoms with Crippen LogP contribution in [0.25, 0.3) is 0 Å². The van der Waals surface area contributed by atoms with Crippen LogP contribution in [-0.4, -0.2) is 27.5 Å². The van der Waals surface area contributed by atoms with E-state index in [2.05, 4.69) is 5.32 Å². The highest BCUT2D eigenvalue weighted by atomic mass is 32.2. The zero-order valence-corrected chi connectivity index (χ0v) is 21.7. The Labute approximate surface area is 222 Å². The number of nitrogens with one attached hydrogen (secondary N) is 1. The summed E-state index contributed by atoms with van der Waals surface area (Å²) in [6, 6.07) is 29.5. The first-order valence-corrected chi connectivity index (χ1v) is 13.8. The zero-order valence-electron chi connectivity index (χ0n) is 20.9. The fraction of sp³-hybridized carbons (Fsp3) is 0.167. The topological polar surface area (TPSA) is 84.9 Å². The summed E-state index contributed by atoms with van der Waals surface area (Å²) in [6.45, 7) is 2.91. The SMILES string of the molecule is C[C@@H](NC(=O)c1ccccc1N(Cc1ccccc1)S(=O)(=O)c1ccccc1)c1ccc2c(c1)OCCO2. The molecular formula is C30H28N2O5S. The minimum absolute atomic E-state index is 0.0695. The van der Waals surface area contributed by atoms with E-state index in [0.29, 0.717) is 30.4 Å². The number of hydrogen-bond acceptors (Lipinski definition) is 5. The molecule has 194 valence electrons. The van der Waals surface area contributed by atoms with Crippen molar-refractivity contribution in [3.8, 4) is 11.5 Å². The highest BCUT2D eigenvalue weighted by molar-refractivity contribution is 7.92. The normalized spacial score (nSPS) is 13.4. The molecule has 0 aromatic heterocycles. The first kappa shape index (κ1) is 25.4. The molecule has 1 aliphatic rings. The van der Waals surface area contributed by atoms with Gasteiger partial charge in [0.25, 0.3) is 15.9 Å². The Hall–Kier alpha value is -4.30. The summed E-state index contributed by atoms with van der Waals surface area (Å²) in [4.78, 5) is 13.7. The molecule has 38 heavy (non-hydrogen) atoms. The van der Waals surface area contributed by atoms with Crippen LogP contribution in [0.1, 0.15) is 34.5 Å². The van der Waals surface area contributed by atoms with Crippen LogP contribution in [-0.2, 0) is 16.6 Å². The standard InChI is InChI=1S/C30H28N2O5S/c1-22(24-16-17-28-29(20-24)37-19-18-36-28)31-30(33)26-14-8-9-15-27(26)32(21-23-10-4-2-5-11-23)38(34,35)25-12-6-3-7-13-25/h2-17,20,22H,18-19,21H2,1H3,(H,31,33)/t22-/m1/s1. The fourth-order valence-electron chi connectivity index (χ4n) is 4.34. The molecule has 1 aliphatic heterocycles. The molecular weight excluding hydrogens is 500 g/mol. The number of para-hydroxylation sites is 1. The van der Waals surface area contributed by atoms with Crippen molar-refractivity contribution in [3.63, 3.8) is 0 Å². The Morgan fingerprint density at radius 2 is 1.47 bits per heavy atom. The number of anilines is 1.